The molecule has 134 valence electrons. The van der Waals surface area contributed by atoms with Crippen LogP contribution in [-0.4, -0.2) is 76.0 Å². The summed E-state index contributed by atoms with van der Waals surface area (Å²) in [5.41, 5.74) is -1.34. The zero-order chi connectivity index (χ0) is 17.9. The summed E-state index contributed by atoms with van der Waals surface area (Å²) in [7, 11) is 0. The van der Waals surface area contributed by atoms with E-state index in [0.29, 0.717) is 10.6 Å². The molecule has 1 aromatic carbocycles. The van der Waals surface area contributed by atoms with E-state index >= 15 is 0 Å². The van der Waals surface area contributed by atoms with Crippen LogP contribution in [0.15, 0.2) is 18.2 Å². The van der Waals surface area contributed by atoms with E-state index < -0.39 is 36.9 Å². The molecule has 1 saturated heterocycles. The lowest BCUT2D eigenvalue weighted by atomic mass is 9.83. The molecule has 1 heterocycles. The summed E-state index contributed by atoms with van der Waals surface area (Å²) in [4.78, 5) is 12.5. The van der Waals surface area contributed by atoms with E-state index in [1.165, 1.54) is 0 Å². The zero-order valence-corrected chi connectivity index (χ0v) is 14.2. The number of halogens is 2. The molecule has 0 saturated carbocycles. The first-order valence-electron chi connectivity index (χ1n) is 7.31. The summed E-state index contributed by atoms with van der Waals surface area (Å²) in [5, 5.41) is 39.4. The van der Waals surface area contributed by atoms with Gasteiger partial charge in [0.1, 0.15) is 5.60 Å². The second-order valence-corrected chi connectivity index (χ2v) is 6.53. The molecular formula is C15H19Cl2NO6. The summed E-state index contributed by atoms with van der Waals surface area (Å²) >= 11 is 12.0. The molecule has 24 heavy (non-hydrogen) atoms. The van der Waals surface area contributed by atoms with Crippen molar-refractivity contribution in [1.82, 2.24) is 4.90 Å². The monoisotopic (exact) mass is 379 g/mol. The van der Waals surface area contributed by atoms with Gasteiger partial charge < -0.3 is 30.1 Å². The Bertz CT molecular complexity index is 595. The van der Waals surface area contributed by atoms with Gasteiger partial charge in [-0.05, 0) is 17.7 Å². The molecule has 4 N–H and O–H groups in total. The number of amides is 1. The first-order chi connectivity index (χ1) is 11.3. The van der Waals surface area contributed by atoms with Crippen LogP contribution in [-0.2, 0) is 4.74 Å². The summed E-state index contributed by atoms with van der Waals surface area (Å²) in [6, 6.07) is 4.77. The number of carboxylic acid groups (broad SMARTS) is 1. The van der Waals surface area contributed by atoms with Gasteiger partial charge in [-0.3, -0.25) is 0 Å². The third kappa shape index (κ3) is 3.93. The van der Waals surface area contributed by atoms with Gasteiger partial charge in [-0.2, -0.15) is 0 Å². The van der Waals surface area contributed by atoms with E-state index in [9.17, 15) is 25.2 Å². The molecule has 0 radical (unpaired) electrons. The van der Waals surface area contributed by atoms with E-state index in [2.05, 4.69) is 0 Å². The molecule has 7 nitrogen and oxygen atoms in total. The minimum absolute atomic E-state index is 0.0142. The van der Waals surface area contributed by atoms with E-state index in [4.69, 9.17) is 27.9 Å². The van der Waals surface area contributed by atoms with Crippen molar-refractivity contribution >= 4 is 29.3 Å². The molecule has 1 aliphatic rings. The second-order valence-electron chi connectivity index (χ2n) is 5.72. The molecule has 1 aromatic rings. The first kappa shape index (κ1) is 19.2. The Morgan fingerprint density at radius 2 is 1.96 bits per heavy atom. The van der Waals surface area contributed by atoms with Crippen molar-refractivity contribution in [1.29, 1.82) is 0 Å². The van der Waals surface area contributed by atoms with Crippen LogP contribution in [0.3, 0.4) is 0 Å². The highest BCUT2D eigenvalue weighted by Crippen LogP contribution is 2.35. The molecule has 0 aromatic heterocycles. The smallest absolute Gasteiger partial charge is 0.407 e. The van der Waals surface area contributed by atoms with Crippen LogP contribution < -0.4 is 0 Å². The Kier molecular flexibility index (Phi) is 6.30. The van der Waals surface area contributed by atoms with Crippen LogP contribution in [0.4, 0.5) is 4.79 Å². The van der Waals surface area contributed by atoms with Crippen molar-refractivity contribution < 1.29 is 30.0 Å². The van der Waals surface area contributed by atoms with Crippen LogP contribution >= 0.6 is 23.2 Å². The van der Waals surface area contributed by atoms with Gasteiger partial charge in [0.25, 0.3) is 0 Å². The number of carbonyl (C=O) groups is 1. The highest BCUT2D eigenvalue weighted by molar-refractivity contribution is 6.42. The predicted molar refractivity (Wildman–Crippen MR) is 87.7 cm³/mol. The largest absolute Gasteiger partial charge is 0.465 e. The molecule has 2 rings (SSSR count). The van der Waals surface area contributed by atoms with Crippen LogP contribution in [0.5, 0.6) is 0 Å². The third-order valence-electron chi connectivity index (χ3n) is 4.16. The predicted octanol–water partition coefficient (Wildman–Crippen LogP) is 1.17. The van der Waals surface area contributed by atoms with Crippen LogP contribution in [0.1, 0.15) is 11.5 Å². The van der Waals surface area contributed by atoms with Crippen LogP contribution in [0, 0.1) is 0 Å². The molecule has 0 aliphatic carbocycles. The molecule has 0 spiro atoms. The standard InChI is InChI=1S/C15H19Cl2NO6/c16-11-2-1-9(5-12(11)17)10-6-18(14(21)22)3-4-24-13(10)15(23,7-19)8-20/h1-2,5,10,13,19-20,23H,3-4,6-8H2,(H,21,22)/t10-,13+/m0/s1. The maximum Gasteiger partial charge on any atom is 0.407 e. The topological polar surface area (TPSA) is 110 Å². The Labute approximate surface area is 149 Å². The van der Waals surface area contributed by atoms with Crippen molar-refractivity contribution in [3.05, 3.63) is 33.8 Å². The lowest BCUT2D eigenvalue weighted by Gasteiger charge is -2.37. The summed E-state index contributed by atoms with van der Waals surface area (Å²) in [6.45, 7) is -1.33. The molecule has 1 fully saturated rings. The maximum atomic E-state index is 11.4. The van der Waals surface area contributed by atoms with E-state index in [1.807, 2.05) is 0 Å². The van der Waals surface area contributed by atoms with Gasteiger partial charge >= 0.3 is 6.09 Å². The van der Waals surface area contributed by atoms with Crippen LogP contribution in [0.25, 0.3) is 0 Å². The minimum Gasteiger partial charge on any atom is -0.465 e. The summed E-state index contributed by atoms with van der Waals surface area (Å²) in [6.07, 6.45) is -2.14. The van der Waals surface area contributed by atoms with Crippen molar-refractivity contribution in [2.24, 2.45) is 0 Å². The van der Waals surface area contributed by atoms with Gasteiger partial charge in [0.15, 0.2) is 0 Å². The van der Waals surface area contributed by atoms with Crippen molar-refractivity contribution in [2.75, 3.05) is 32.9 Å². The Hall–Kier alpha value is -1.09. The molecule has 0 unspecified atom stereocenters. The molecule has 1 aliphatic heterocycles. The Morgan fingerprint density at radius 3 is 2.50 bits per heavy atom. The molecular weight excluding hydrogens is 361 g/mol. The normalized spacial score (nSPS) is 22.3. The van der Waals surface area contributed by atoms with E-state index in [1.54, 1.807) is 18.2 Å². The number of rotatable bonds is 4. The quantitative estimate of drug-likeness (QED) is 0.624. The van der Waals surface area contributed by atoms with E-state index in [0.717, 1.165) is 4.90 Å². The zero-order valence-electron chi connectivity index (χ0n) is 12.7. The molecule has 9 heteroatoms. The summed E-state index contributed by atoms with van der Waals surface area (Å²) < 4.78 is 5.62. The molecule has 2 atom stereocenters. The summed E-state index contributed by atoms with van der Waals surface area (Å²) in [5.74, 6) is -0.650. The molecule has 0 bridgehead atoms. The van der Waals surface area contributed by atoms with Gasteiger partial charge in [-0.15, -0.1) is 0 Å². The highest BCUT2D eigenvalue weighted by atomic mass is 35.5. The third-order valence-corrected chi connectivity index (χ3v) is 4.90. The average Bonchev–Trinajstić information content (AvgIpc) is 2.80. The van der Waals surface area contributed by atoms with Gasteiger partial charge in [-0.1, -0.05) is 29.3 Å². The van der Waals surface area contributed by atoms with Gasteiger partial charge in [0, 0.05) is 19.0 Å². The number of hydrogen-bond donors (Lipinski definition) is 4. The highest BCUT2D eigenvalue weighted by Gasteiger charge is 2.45. The lowest BCUT2D eigenvalue weighted by molar-refractivity contribution is -0.156. The van der Waals surface area contributed by atoms with Gasteiger partial charge in [0.05, 0.1) is 36.0 Å². The molecule has 1 amide bonds. The van der Waals surface area contributed by atoms with Gasteiger partial charge in [0.2, 0.25) is 0 Å². The Morgan fingerprint density at radius 1 is 1.29 bits per heavy atom. The van der Waals surface area contributed by atoms with Crippen molar-refractivity contribution in [3.8, 4) is 0 Å². The van der Waals surface area contributed by atoms with E-state index in [-0.39, 0.29) is 24.7 Å². The second kappa shape index (κ2) is 7.86. The number of ether oxygens (including phenoxy) is 1. The number of nitrogens with zero attached hydrogens (tertiary/aromatic N) is 1. The fraction of sp³-hybridized carbons (Fsp3) is 0.533. The van der Waals surface area contributed by atoms with Crippen LogP contribution in [0.2, 0.25) is 10.0 Å². The number of hydrogen-bond acceptors (Lipinski definition) is 5. The number of aliphatic hydroxyl groups is 3. The van der Waals surface area contributed by atoms with Crippen molar-refractivity contribution in [2.45, 2.75) is 17.6 Å². The lowest BCUT2D eigenvalue weighted by Crippen LogP contribution is -2.53. The minimum atomic E-state index is -1.93. The fourth-order valence-corrected chi connectivity index (χ4v) is 3.09. The number of aliphatic hydroxyl groups excluding tert-OH is 2. The average molecular weight is 380 g/mol. The maximum absolute atomic E-state index is 11.4. The SMILES string of the molecule is O=C(O)N1CCO[C@@H](C(O)(CO)CO)[C@H](c2ccc(Cl)c(Cl)c2)C1. The Balaban J connectivity index is 2.46. The van der Waals surface area contributed by atoms with Gasteiger partial charge in [-0.25, -0.2) is 4.79 Å². The van der Waals surface area contributed by atoms with Crippen molar-refractivity contribution in [3.63, 3.8) is 0 Å². The number of benzene rings is 1. The fourth-order valence-electron chi connectivity index (χ4n) is 2.79. The first-order valence-corrected chi connectivity index (χ1v) is 8.06.